The van der Waals surface area contributed by atoms with E-state index in [1.54, 1.807) is 28.1 Å². The zero-order valence-electron chi connectivity index (χ0n) is 8.37. The topological polar surface area (TPSA) is 40.6 Å². The van der Waals surface area contributed by atoms with Gasteiger partial charge in [0, 0.05) is 21.1 Å². The van der Waals surface area contributed by atoms with E-state index in [2.05, 4.69) is 15.9 Å². The molecule has 76 valence electrons. The van der Waals surface area contributed by atoms with Crippen molar-refractivity contribution in [1.82, 2.24) is 9.80 Å². The van der Waals surface area contributed by atoms with E-state index in [1.165, 1.54) is 9.80 Å². The molecule has 0 aliphatic heterocycles. The number of hydrogen-bond acceptors (Lipinski definition) is 2. The lowest BCUT2D eigenvalue weighted by Gasteiger charge is -2.20. The molecule has 0 heterocycles. The van der Waals surface area contributed by atoms with Gasteiger partial charge in [0.1, 0.15) is 0 Å². The van der Waals surface area contributed by atoms with Gasteiger partial charge in [-0.3, -0.25) is 9.59 Å². The molecule has 0 bridgehead atoms. The first-order valence-corrected chi connectivity index (χ1v) is 4.87. The van der Waals surface area contributed by atoms with E-state index < -0.39 is 0 Å². The highest BCUT2D eigenvalue weighted by atomic mass is 79.9. The molecule has 0 N–H and O–H groups in total. The average molecular weight is 251 g/mol. The van der Waals surface area contributed by atoms with Crippen LogP contribution in [0.4, 0.5) is 0 Å². The Morgan fingerprint density at radius 1 is 1.31 bits per heavy atom. The van der Waals surface area contributed by atoms with Crippen LogP contribution in [0, 0.1) is 0 Å². The number of hydrogen-bond donors (Lipinski definition) is 0. The molecule has 5 heteroatoms. The minimum absolute atomic E-state index is 0.0796. The normalized spacial score (nSPS) is 12.1. The zero-order valence-corrected chi connectivity index (χ0v) is 9.96. The summed E-state index contributed by atoms with van der Waals surface area (Å²) in [5.41, 5.74) is 0. The predicted octanol–water partition coefficient (Wildman–Crippen LogP) is 0.316. The maximum atomic E-state index is 11.3. The Bertz CT molecular complexity index is 204. The van der Waals surface area contributed by atoms with Crippen LogP contribution in [-0.2, 0) is 9.59 Å². The molecule has 4 nitrogen and oxygen atoms in total. The van der Waals surface area contributed by atoms with E-state index >= 15 is 0 Å². The molecule has 0 saturated carbocycles. The van der Waals surface area contributed by atoms with E-state index in [-0.39, 0.29) is 23.2 Å². The van der Waals surface area contributed by atoms with Crippen molar-refractivity contribution in [1.29, 1.82) is 0 Å². The molecule has 0 rings (SSSR count). The number of amides is 2. The molecule has 13 heavy (non-hydrogen) atoms. The van der Waals surface area contributed by atoms with Gasteiger partial charge in [0.2, 0.25) is 11.8 Å². The molecule has 0 fully saturated rings. The van der Waals surface area contributed by atoms with Gasteiger partial charge in [0.05, 0.1) is 11.4 Å². The molecule has 0 aliphatic carbocycles. The van der Waals surface area contributed by atoms with Gasteiger partial charge in [0.25, 0.3) is 0 Å². The molecule has 0 aromatic carbocycles. The molecule has 0 aliphatic rings. The van der Waals surface area contributed by atoms with E-state index in [1.807, 2.05) is 0 Å². The van der Waals surface area contributed by atoms with Crippen LogP contribution in [0.1, 0.15) is 6.92 Å². The zero-order chi connectivity index (χ0) is 10.6. The van der Waals surface area contributed by atoms with E-state index in [9.17, 15) is 9.59 Å². The number of nitrogens with zero attached hydrogens (tertiary/aromatic N) is 2. The number of rotatable bonds is 3. The van der Waals surface area contributed by atoms with Crippen LogP contribution in [0.3, 0.4) is 0 Å². The second-order valence-electron chi connectivity index (χ2n) is 3.10. The van der Waals surface area contributed by atoms with Crippen molar-refractivity contribution in [2.45, 2.75) is 11.8 Å². The van der Waals surface area contributed by atoms with Crippen LogP contribution in [0.2, 0.25) is 0 Å². The number of carbonyl (C=O) groups is 2. The van der Waals surface area contributed by atoms with Crippen molar-refractivity contribution in [3.8, 4) is 0 Å². The summed E-state index contributed by atoms with van der Waals surface area (Å²) in [6.45, 7) is 1.86. The Balaban J connectivity index is 4.08. The third-order valence-electron chi connectivity index (χ3n) is 1.59. The van der Waals surface area contributed by atoms with E-state index in [0.717, 1.165) is 0 Å². The van der Waals surface area contributed by atoms with Gasteiger partial charge in [-0.25, -0.2) is 0 Å². The average Bonchev–Trinajstić information content (AvgIpc) is 2.02. The maximum absolute atomic E-state index is 11.3. The van der Waals surface area contributed by atoms with E-state index in [0.29, 0.717) is 0 Å². The van der Waals surface area contributed by atoms with E-state index in [4.69, 9.17) is 0 Å². The highest BCUT2D eigenvalue weighted by molar-refractivity contribution is 9.10. The smallest absolute Gasteiger partial charge is 0.241 e. The van der Waals surface area contributed by atoms with Crippen molar-refractivity contribution in [2.24, 2.45) is 0 Å². The van der Waals surface area contributed by atoms with Crippen LogP contribution in [0.15, 0.2) is 0 Å². The number of halogens is 1. The molecule has 2 amide bonds. The van der Waals surface area contributed by atoms with Gasteiger partial charge >= 0.3 is 0 Å². The summed E-state index contributed by atoms with van der Waals surface area (Å²) in [7, 11) is 4.94. The van der Waals surface area contributed by atoms with Gasteiger partial charge in [-0.15, -0.1) is 0 Å². The van der Waals surface area contributed by atoms with Gasteiger partial charge in [-0.05, 0) is 6.92 Å². The first kappa shape index (κ1) is 12.4. The monoisotopic (exact) mass is 250 g/mol. The van der Waals surface area contributed by atoms with Gasteiger partial charge in [-0.2, -0.15) is 0 Å². The molecule has 0 radical (unpaired) electrons. The SMILES string of the molecule is CC(Br)C(=O)N(C)CC(=O)N(C)C. The Hall–Kier alpha value is -0.580. The van der Waals surface area contributed by atoms with Crippen molar-refractivity contribution < 1.29 is 9.59 Å². The summed E-state index contributed by atoms with van der Waals surface area (Å²) in [5.74, 6) is -0.167. The van der Waals surface area contributed by atoms with Gasteiger partial charge < -0.3 is 9.80 Å². The molecule has 1 atom stereocenters. The first-order chi connectivity index (χ1) is 5.86. The third kappa shape index (κ3) is 4.26. The van der Waals surface area contributed by atoms with Crippen molar-refractivity contribution in [2.75, 3.05) is 27.7 Å². The second-order valence-corrected chi connectivity index (χ2v) is 4.47. The number of likely N-dealkylation sites (N-methyl/N-ethyl adjacent to an activating group) is 2. The maximum Gasteiger partial charge on any atom is 0.241 e. The standard InChI is InChI=1S/C8H15BrN2O2/c1-6(9)8(13)11(4)5-7(12)10(2)3/h6H,5H2,1-4H3. The van der Waals surface area contributed by atoms with Crippen molar-refractivity contribution >= 4 is 27.7 Å². The molecular weight excluding hydrogens is 236 g/mol. The third-order valence-corrected chi connectivity index (χ3v) is 1.98. The second kappa shape index (κ2) is 5.21. The van der Waals surface area contributed by atoms with Gasteiger partial charge in [0.15, 0.2) is 0 Å². The lowest BCUT2D eigenvalue weighted by Crippen LogP contribution is -2.40. The van der Waals surface area contributed by atoms with Crippen LogP contribution in [0.25, 0.3) is 0 Å². The van der Waals surface area contributed by atoms with Crippen LogP contribution < -0.4 is 0 Å². The molecule has 0 aromatic heterocycles. The highest BCUT2D eigenvalue weighted by Gasteiger charge is 2.17. The lowest BCUT2D eigenvalue weighted by molar-refractivity contribution is -0.137. The quantitative estimate of drug-likeness (QED) is 0.677. The summed E-state index contributed by atoms with van der Waals surface area (Å²) < 4.78 is 0. The molecule has 1 unspecified atom stereocenters. The molecule has 0 spiro atoms. The van der Waals surface area contributed by atoms with Crippen LogP contribution >= 0.6 is 15.9 Å². The summed E-state index contributed by atoms with van der Waals surface area (Å²) in [4.78, 5) is 25.1. The van der Waals surface area contributed by atoms with Crippen LogP contribution in [0.5, 0.6) is 0 Å². The first-order valence-electron chi connectivity index (χ1n) is 3.95. The highest BCUT2D eigenvalue weighted by Crippen LogP contribution is 2.02. The molecule has 0 aromatic rings. The van der Waals surface area contributed by atoms with Crippen molar-refractivity contribution in [3.63, 3.8) is 0 Å². The van der Waals surface area contributed by atoms with Crippen LogP contribution in [-0.4, -0.2) is 54.1 Å². The Morgan fingerprint density at radius 2 is 1.77 bits per heavy atom. The van der Waals surface area contributed by atoms with Crippen molar-refractivity contribution in [3.05, 3.63) is 0 Å². The summed E-state index contributed by atoms with van der Waals surface area (Å²) >= 11 is 3.15. The fourth-order valence-electron chi connectivity index (χ4n) is 0.726. The Labute approximate surface area is 87.0 Å². The minimum atomic E-state index is -0.243. The fraction of sp³-hybridized carbons (Fsp3) is 0.750. The fourth-order valence-corrected chi connectivity index (χ4v) is 1.08. The van der Waals surface area contributed by atoms with Gasteiger partial charge in [-0.1, -0.05) is 15.9 Å². The summed E-state index contributed by atoms with van der Waals surface area (Å²) in [6, 6.07) is 0. The summed E-state index contributed by atoms with van der Waals surface area (Å²) in [5, 5.41) is 0. The largest absolute Gasteiger partial charge is 0.347 e. The minimum Gasteiger partial charge on any atom is -0.347 e. The molecular formula is C8H15BrN2O2. The Kier molecular flexibility index (Phi) is 4.98. The molecule has 0 saturated heterocycles. The lowest BCUT2D eigenvalue weighted by atomic mass is 10.4. The number of carbonyl (C=O) groups excluding carboxylic acids is 2. The number of alkyl halides is 1. The summed E-state index contributed by atoms with van der Waals surface area (Å²) in [6.07, 6.45) is 0. The predicted molar refractivity (Wildman–Crippen MR) is 54.7 cm³/mol. The Morgan fingerprint density at radius 3 is 2.08 bits per heavy atom.